The highest BCUT2D eigenvalue weighted by Gasteiger charge is 2.51. The quantitative estimate of drug-likeness (QED) is 0.804. The van der Waals surface area contributed by atoms with Crippen molar-refractivity contribution in [2.45, 2.75) is 30.7 Å². The maximum absolute atomic E-state index is 13.9. The van der Waals surface area contributed by atoms with Gasteiger partial charge in [0.25, 0.3) is 0 Å². The average molecular weight is 407 g/mol. The molecule has 3 saturated heterocycles. The maximum Gasteiger partial charge on any atom is 0.242 e. The fourth-order valence-electron chi connectivity index (χ4n) is 4.46. The van der Waals surface area contributed by atoms with Crippen LogP contribution in [0.2, 0.25) is 0 Å². The fraction of sp³-hybridized carbons (Fsp3) is 0.550. The van der Waals surface area contributed by atoms with Crippen LogP contribution in [0.15, 0.2) is 18.2 Å². The monoisotopic (exact) mass is 407 g/mol. The summed E-state index contributed by atoms with van der Waals surface area (Å²) in [5, 5.41) is 2.97. The second kappa shape index (κ2) is 7.70. The number of hydrogen-bond donors (Lipinski definition) is 1. The first-order valence-electron chi connectivity index (χ1n) is 9.77. The number of amides is 3. The van der Waals surface area contributed by atoms with E-state index in [9.17, 15) is 23.2 Å². The second-order valence-corrected chi connectivity index (χ2v) is 7.93. The van der Waals surface area contributed by atoms with E-state index in [1.807, 2.05) is 0 Å². The van der Waals surface area contributed by atoms with Crippen molar-refractivity contribution in [1.82, 2.24) is 15.1 Å². The highest BCUT2D eigenvalue weighted by molar-refractivity contribution is 5.86. The summed E-state index contributed by atoms with van der Waals surface area (Å²) in [6.45, 7) is 1.35. The van der Waals surface area contributed by atoms with Gasteiger partial charge in [0.05, 0.1) is 25.3 Å². The number of halogens is 2. The van der Waals surface area contributed by atoms with Gasteiger partial charge in [0, 0.05) is 38.4 Å². The second-order valence-electron chi connectivity index (χ2n) is 7.93. The molecule has 9 heteroatoms. The molecule has 3 fully saturated rings. The highest BCUT2D eigenvalue weighted by Crippen LogP contribution is 2.38. The summed E-state index contributed by atoms with van der Waals surface area (Å²) in [6.07, 6.45) is 1.37. The maximum atomic E-state index is 13.9. The Hall–Kier alpha value is -2.55. The lowest BCUT2D eigenvalue weighted by Gasteiger charge is -2.34. The third-order valence-electron chi connectivity index (χ3n) is 5.96. The number of hydrogen-bond acceptors (Lipinski definition) is 4. The van der Waals surface area contributed by atoms with Gasteiger partial charge in [-0.05, 0) is 24.1 Å². The first-order valence-corrected chi connectivity index (χ1v) is 9.77. The number of likely N-dealkylation sites (tertiary alicyclic amines) is 2. The Morgan fingerprint density at radius 3 is 2.79 bits per heavy atom. The van der Waals surface area contributed by atoms with Crippen LogP contribution < -0.4 is 5.32 Å². The Morgan fingerprint density at radius 1 is 1.24 bits per heavy atom. The standard InChI is InChI=1S/C20H23F2N3O4/c21-15-4-3-13(8-16(15)22)14-9-25(19(28)10-24-6-1-2-18(24)27)11-20(14)12-29-7-5-17(26)23-20/h3-4,8,14H,1-2,5-7,9-12H2,(H,23,26)/t14-,20-/m0/s1. The summed E-state index contributed by atoms with van der Waals surface area (Å²) in [7, 11) is 0. The largest absolute Gasteiger partial charge is 0.378 e. The van der Waals surface area contributed by atoms with Crippen molar-refractivity contribution < 1.29 is 27.9 Å². The van der Waals surface area contributed by atoms with Crippen LogP contribution in [0.3, 0.4) is 0 Å². The lowest BCUT2D eigenvalue weighted by Crippen LogP contribution is -2.56. The molecule has 156 valence electrons. The normalized spacial score (nSPS) is 27.4. The molecule has 0 unspecified atom stereocenters. The molecular formula is C20H23F2N3O4. The molecule has 3 aliphatic heterocycles. The summed E-state index contributed by atoms with van der Waals surface area (Å²) in [6, 6.07) is 3.63. The zero-order chi connectivity index (χ0) is 20.6. The van der Waals surface area contributed by atoms with E-state index in [0.29, 0.717) is 18.5 Å². The first-order chi connectivity index (χ1) is 13.9. The Balaban J connectivity index is 1.61. The van der Waals surface area contributed by atoms with Crippen LogP contribution in [-0.4, -0.2) is 72.5 Å². The predicted octanol–water partition coefficient (Wildman–Crippen LogP) is 0.788. The van der Waals surface area contributed by atoms with Crippen LogP contribution in [-0.2, 0) is 19.1 Å². The predicted molar refractivity (Wildman–Crippen MR) is 97.8 cm³/mol. The number of carbonyl (C=O) groups excluding carboxylic acids is 3. The average Bonchev–Trinajstić information content (AvgIpc) is 3.19. The van der Waals surface area contributed by atoms with E-state index in [0.717, 1.165) is 18.6 Å². The molecule has 1 N–H and O–H groups in total. The molecule has 1 aromatic rings. The topological polar surface area (TPSA) is 79.0 Å². The molecule has 7 nitrogen and oxygen atoms in total. The number of carbonyl (C=O) groups is 3. The molecule has 3 amide bonds. The molecule has 29 heavy (non-hydrogen) atoms. The third kappa shape index (κ3) is 3.83. The van der Waals surface area contributed by atoms with Gasteiger partial charge in [0.15, 0.2) is 11.6 Å². The van der Waals surface area contributed by atoms with Crippen molar-refractivity contribution in [2.75, 3.05) is 39.4 Å². The van der Waals surface area contributed by atoms with Gasteiger partial charge in [0.2, 0.25) is 17.7 Å². The minimum atomic E-state index is -0.981. The Morgan fingerprint density at radius 2 is 2.07 bits per heavy atom. The molecule has 4 rings (SSSR count). The number of nitrogens with one attached hydrogen (secondary N) is 1. The van der Waals surface area contributed by atoms with E-state index in [2.05, 4.69) is 5.32 Å². The van der Waals surface area contributed by atoms with E-state index < -0.39 is 23.1 Å². The van der Waals surface area contributed by atoms with Gasteiger partial charge >= 0.3 is 0 Å². The molecule has 0 aliphatic carbocycles. The van der Waals surface area contributed by atoms with Crippen LogP contribution in [0.4, 0.5) is 8.78 Å². The van der Waals surface area contributed by atoms with E-state index in [1.165, 1.54) is 11.0 Å². The summed E-state index contributed by atoms with van der Waals surface area (Å²) in [5.41, 5.74) is -0.440. The molecular weight excluding hydrogens is 384 g/mol. The summed E-state index contributed by atoms with van der Waals surface area (Å²) in [5.74, 6) is -2.89. The van der Waals surface area contributed by atoms with E-state index >= 15 is 0 Å². The Labute approximate surface area is 167 Å². The third-order valence-corrected chi connectivity index (χ3v) is 5.96. The van der Waals surface area contributed by atoms with Crippen LogP contribution in [0.25, 0.3) is 0 Å². The molecule has 1 aromatic carbocycles. The number of rotatable bonds is 3. The molecule has 1 spiro atoms. The van der Waals surface area contributed by atoms with E-state index in [1.54, 1.807) is 4.90 Å². The highest BCUT2D eigenvalue weighted by atomic mass is 19.2. The van der Waals surface area contributed by atoms with Gasteiger partial charge in [-0.3, -0.25) is 14.4 Å². The number of nitrogens with zero attached hydrogens (tertiary/aromatic N) is 2. The molecule has 3 aliphatic rings. The van der Waals surface area contributed by atoms with Crippen molar-refractivity contribution in [3.8, 4) is 0 Å². The molecule has 0 bridgehead atoms. The van der Waals surface area contributed by atoms with Crippen molar-refractivity contribution in [3.63, 3.8) is 0 Å². The van der Waals surface area contributed by atoms with Crippen LogP contribution in [0.1, 0.15) is 30.7 Å². The molecule has 0 saturated carbocycles. The van der Waals surface area contributed by atoms with Crippen LogP contribution in [0, 0.1) is 11.6 Å². The van der Waals surface area contributed by atoms with Gasteiger partial charge < -0.3 is 19.9 Å². The molecule has 0 radical (unpaired) electrons. The van der Waals surface area contributed by atoms with Gasteiger partial charge in [-0.25, -0.2) is 8.78 Å². The first kappa shape index (κ1) is 19.8. The zero-order valence-electron chi connectivity index (χ0n) is 16.0. The Kier molecular flexibility index (Phi) is 5.24. The summed E-state index contributed by atoms with van der Waals surface area (Å²) in [4.78, 5) is 40.1. The smallest absolute Gasteiger partial charge is 0.242 e. The molecule has 3 heterocycles. The van der Waals surface area contributed by atoms with Gasteiger partial charge in [-0.1, -0.05) is 6.07 Å². The van der Waals surface area contributed by atoms with E-state index in [4.69, 9.17) is 4.74 Å². The zero-order valence-corrected chi connectivity index (χ0v) is 16.0. The van der Waals surface area contributed by atoms with Gasteiger partial charge in [-0.15, -0.1) is 0 Å². The number of benzene rings is 1. The molecule has 0 aromatic heterocycles. The van der Waals surface area contributed by atoms with Crippen LogP contribution >= 0.6 is 0 Å². The Bertz CT molecular complexity index is 849. The fourth-order valence-corrected chi connectivity index (χ4v) is 4.46. The SMILES string of the molecule is O=C1CCOC[C@]2(CN(C(=O)CN3CCCC3=O)C[C@H]2c2ccc(F)c(F)c2)N1. The minimum Gasteiger partial charge on any atom is -0.378 e. The lowest BCUT2D eigenvalue weighted by molar-refractivity contribution is -0.138. The van der Waals surface area contributed by atoms with Gasteiger partial charge in [-0.2, -0.15) is 0 Å². The molecule has 2 atom stereocenters. The van der Waals surface area contributed by atoms with Crippen molar-refractivity contribution >= 4 is 17.7 Å². The van der Waals surface area contributed by atoms with Gasteiger partial charge in [0.1, 0.15) is 0 Å². The lowest BCUT2D eigenvalue weighted by atomic mass is 9.82. The van der Waals surface area contributed by atoms with Crippen molar-refractivity contribution in [3.05, 3.63) is 35.4 Å². The van der Waals surface area contributed by atoms with Crippen LogP contribution in [0.5, 0.6) is 0 Å². The number of ether oxygens (including phenoxy) is 1. The van der Waals surface area contributed by atoms with Crippen molar-refractivity contribution in [2.24, 2.45) is 0 Å². The summed E-state index contributed by atoms with van der Waals surface area (Å²) < 4.78 is 33.0. The minimum absolute atomic E-state index is 0.0196. The van der Waals surface area contributed by atoms with Crippen molar-refractivity contribution in [1.29, 1.82) is 0 Å². The summed E-state index contributed by atoms with van der Waals surface area (Å²) >= 11 is 0. The van der Waals surface area contributed by atoms with E-state index in [-0.39, 0.29) is 57.0 Å².